The molecule has 0 radical (unpaired) electrons. The molecule has 2 atom stereocenters. The van der Waals surface area contributed by atoms with E-state index in [0.717, 1.165) is 51.7 Å². The van der Waals surface area contributed by atoms with Crippen LogP contribution in [0.3, 0.4) is 0 Å². The Kier molecular flexibility index (Phi) is 5.49. The van der Waals surface area contributed by atoms with Gasteiger partial charge in [-0.05, 0) is 38.6 Å². The maximum atomic E-state index is 12.6. The largest absolute Gasteiger partial charge is 0.342 e. The minimum atomic E-state index is 0. The van der Waals surface area contributed by atoms with Crippen LogP contribution in [-0.2, 0) is 9.59 Å². The molecule has 0 aromatic carbocycles. The molecule has 6 heteroatoms. The lowest BCUT2D eigenvalue weighted by Crippen LogP contribution is -2.49. The Bertz CT molecular complexity index is 394. The number of hydrogen-bond donors (Lipinski definition) is 1. The number of likely N-dealkylation sites (tertiary alicyclic amines) is 1. The van der Waals surface area contributed by atoms with Crippen molar-refractivity contribution in [3.05, 3.63) is 0 Å². The monoisotopic (exact) mass is 315 g/mol. The summed E-state index contributed by atoms with van der Waals surface area (Å²) in [5.74, 6) is 0.789. The van der Waals surface area contributed by atoms with Crippen molar-refractivity contribution in [1.29, 1.82) is 0 Å². The third-order valence-corrected chi connectivity index (χ3v) is 4.94. The standard InChI is InChI=1S/C15H25N3O2.ClH/c1-17(13-6-7-16-9-13)14(19)12-3-2-8-18(10-12)15(20)11-4-5-11;/h11-13,16H,2-10H2,1H3;1H. The number of rotatable bonds is 3. The van der Waals surface area contributed by atoms with E-state index in [4.69, 9.17) is 0 Å². The number of carbonyl (C=O) groups is 2. The molecule has 1 N–H and O–H groups in total. The third-order valence-electron chi connectivity index (χ3n) is 4.94. The summed E-state index contributed by atoms with van der Waals surface area (Å²) >= 11 is 0. The van der Waals surface area contributed by atoms with Crippen LogP contribution in [0.25, 0.3) is 0 Å². The van der Waals surface area contributed by atoms with E-state index in [0.29, 0.717) is 12.6 Å². The van der Waals surface area contributed by atoms with Crippen molar-refractivity contribution in [3.63, 3.8) is 0 Å². The minimum Gasteiger partial charge on any atom is -0.342 e. The summed E-state index contributed by atoms with van der Waals surface area (Å²) in [6.45, 7) is 3.38. The normalized spacial score (nSPS) is 28.9. The fraction of sp³-hybridized carbons (Fsp3) is 0.867. The van der Waals surface area contributed by atoms with E-state index in [1.54, 1.807) is 0 Å². The van der Waals surface area contributed by atoms with E-state index in [2.05, 4.69) is 5.32 Å². The molecule has 120 valence electrons. The molecule has 0 spiro atoms. The number of halogens is 1. The number of carbonyl (C=O) groups excluding carboxylic acids is 2. The predicted octanol–water partition coefficient (Wildman–Crippen LogP) is 0.877. The molecule has 2 amide bonds. The van der Waals surface area contributed by atoms with Crippen LogP contribution < -0.4 is 5.32 Å². The van der Waals surface area contributed by atoms with Crippen LogP contribution >= 0.6 is 12.4 Å². The summed E-state index contributed by atoms with van der Waals surface area (Å²) in [6.07, 6.45) is 5.02. The van der Waals surface area contributed by atoms with Crippen LogP contribution in [0.4, 0.5) is 0 Å². The van der Waals surface area contributed by atoms with Crippen LogP contribution in [0, 0.1) is 11.8 Å². The molecule has 2 aliphatic heterocycles. The molecule has 2 heterocycles. The van der Waals surface area contributed by atoms with E-state index < -0.39 is 0 Å². The fourth-order valence-electron chi connectivity index (χ4n) is 3.41. The first-order valence-corrected chi connectivity index (χ1v) is 7.93. The number of piperidine rings is 1. The molecule has 0 aromatic heterocycles. The molecule has 21 heavy (non-hydrogen) atoms. The Labute approximate surface area is 132 Å². The molecule has 1 saturated carbocycles. The molecule has 3 fully saturated rings. The highest BCUT2D eigenvalue weighted by atomic mass is 35.5. The van der Waals surface area contributed by atoms with E-state index in [9.17, 15) is 9.59 Å². The second kappa shape index (κ2) is 6.97. The zero-order chi connectivity index (χ0) is 14.1. The average molecular weight is 316 g/mol. The lowest BCUT2D eigenvalue weighted by molar-refractivity contribution is -0.141. The molecular weight excluding hydrogens is 290 g/mol. The molecular formula is C15H26ClN3O2. The lowest BCUT2D eigenvalue weighted by Gasteiger charge is -2.35. The van der Waals surface area contributed by atoms with Gasteiger partial charge in [0.1, 0.15) is 0 Å². The summed E-state index contributed by atoms with van der Waals surface area (Å²) in [5.41, 5.74) is 0. The van der Waals surface area contributed by atoms with Gasteiger partial charge in [0.15, 0.2) is 0 Å². The van der Waals surface area contributed by atoms with Crippen molar-refractivity contribution in [3.8, 4) is 0 Å². The number of amides is 2. The van der Waals surface area contributed by atoms with Crippen molar-refractivity contribution >= 4 is 24.2 Å². The van der Waals surface area contributed by atoms with Gasteiger partial charge < -0.3 is 15.1 Å². The highest BCUT2D eigenvalue weighted by molar-refractivity contribution is 5.85. The number of nitrogens with one attached hydrogen (secondary N) is 1. The Balaban J connectivity index is 0.00000161. The third kappa shape index (κ3) is 3.69. The fourth-order valence-corrected chi connectivity index (χ4v) is 3.41. The first-order chi connectivity index (χ1) is 9.66. The van der Waals surface area contributed by atoms with Gasteiger partial charge in [-0.2, -0.15) is 0 Å². The zero-order valence-electron chi connectivity index (χ0n) is 12.7. The Morgan fingerprint density at radius 3 is 2.52 bits per heavy atom. The van der Waals surface area contributed by atoms with Crippen LogP contribution in [0.2, 0.25) is 0 Å². The summed E-state index contributed by atoms with van der Waals surface area (Å²) in [5, 5.41) is 3.30. The molecule has 2 unspecified atom stereocenters. The van der Waals surface area contributed by atoms with Crippen molar-refractivity contribution < 1.29 is 9.59 Å². The van der Waals surface area contributed by atoms with Gasteiger partial charge in [-0.25, -0.2) is 0 Å². The van der Waals surface area contributed by atoms with E-state index >= 15 is 0 Å². The zero-order valence-corrected chi connectivity index (χ0v) is 13.5. The van der Waals surface area contributed by atoms with Crippen molar-refractivity contribution in [2.24, 2.45) is 11.8 Å². The van der Waals surface area contributed by atoms with Gasteiger partial charge >= 0.3 is 0 Å². The Morgan fingerprint density at radius 2 is 1.90 bits per heavy atom. The van der Waals surface area contributed by atoms with Crippen LogP contribution in [-0.4, -0.2) is 60.9 Å². The molecule has 3 aliphatic rings. The van der Waals surface area contributed by atoms with Crippen molar-refractivity contribution in [2.75, 3.05) is 33.2 Å². The molecule has 5 nitrogen and oxygen atoms in total. The topological polar surface area (TPSA) is 52.7 Å². The van der Waals surface area contributed by atoms with Gasteiger partial charge in [0.05, 0.1) is 5.92 Å². The molecule has 0 aromatic rings. The highest BCUT2D eigenvalue weighted by Gasteiger charge is 2.38. The van der Waals surface area contributed by atoms with Gasteiger partial charge in [0, 0.05) is 38.6 Å². The Hall–Kier alpha value is -0.810. The van der Waals surface area contributed by atoms with Gasteiger partial charge in [0.25, 0.3) is 0 Å². The second-order valence-corrected chi connectivity index (χ2v) is 6.49. The van der Waals surface area contributed by atoms with Crippen molar-refractivity contribution in [2.45, 2.75) is 38.1 Å². The Morgan fingerprint density at radius 1 is 1.14 bits per heavy atom. The second-order valence-electron chi connectivity index (χ2n) is 6.49. The summed E-state index contributed by atoms with van der Waals surface area (Å²) in [7, 11) is 1.92. The number of nitrogens with zero attached hydrogens (tertiary/aromatic N) is 2. The van der Waals surface area contributed by atoms with Crippen LogP contribution in [0.1, 0.15) is 32.1 Å². The first-order valence-electron chi connectivity index (χ1n) is 7.93. The van der Waals surface area contributed by atoms with Crippen LogP contribution in [0.5, 0.6) is 0 Å². The smallest absolute Gasteiger partial charge is 0.227 e. The molecule has 0 bridgehead atoms. The highest BCUT2D eigenvalue weighted by Crippen LogP contribution is 2.32. The van der Waals surface area contributed by atoms with E-state index in [1.165, 1.54) is 0 Å². The maximum Gasteiger partial charge on any atom is 0.227 e. The molecule has 3 rings (SSSR count). The summed E-state index contributed by atoms with van der Waals surface area (Å²) < 4.78 is 0. The SMILES string of the molecule is CN(C(=O)C1CCCN(C(=O)C2CC2)C1)C1CCNC1.Cl. The van der Waals surface area contributed by atoms with E-state index in [1.807, 2.05) is 16.8 Å². The number of hydrogen-bond acceptors (Lipinski definition) is 3. The average Bonchev–Trinajstić information content (AvgIpc) is 3.19. The minimum absolute atomic E-state index is 0. The predicted molar refractivity (Wildman–Crippen MR) is 83.3 cm³/mol. The molecule has 2 saturated heterocycles. The van der Waals surface area contributed by atoms with Gasteiger partial charge in [-0.3, -0.25) is 9.59 Å². The van der Waals surface area contributed by atoms with Gasteiger partial charge in [0.2, 0.25) is 11.8 Å². The quantitative estimate of drug-likeness (QED) is 0.841. The van der Waals surface area contributed by atoms with E-state index in [-0.39, 0.29) is 36.1 Å². The lowest BCUT2D eigenvalue weighted by atomic mass is 9.95. The maximum absolute atomic E-state index is 12.6. The first kappa shape index (κ1) is 16.6. The van der Waals surface area contributed by atoms with Gasteiger partial charge in [-0.15, -0.1) is 12.4 Å². The summed E-state index contributed by atoms with van der Waals surface area (Å²) in [4.78, 5) is 28.6. The number of likely N-dealkylation sites (N-methyl/N-ethyl adjacent to an activating group) is 1. The van der Waals surface area contributed by atoms with Crippen molar-refractivity contribution in [1.82, 2.24) is 15.1 Å². The summed E-state index contributed by atoms with van der Waals surface area (Å²) in [6, 6.07) is 0.331. The van der Waals surface area contributed by atoms with Gasteiger partial charge in [-0.1, -0.05) is 0 Å². The molecule has 1 aliphatic carbocycles. The van der Waals surface area contributed by atoms with Crippen LogP contribution in [0.15, 0.2) is 0 Å².